The molecule has 2 atom stereocenters. The molecule has 0 spiro atoms. The Balaban J connectivity index is 1.58. The van der Waals surface area contributed by atoms with Crippen LogP contribution in [0.2, 0.25) is 5.02 Å². The second-order valence-corrected chi connectivity index (χ2v) is 7.65. The molecule has 1 saturated heterocycles. The molecule has 2 aliphatic rings. The second-order valence-electron chi connectivity index (χ2n) is 7.21. The summed E-state index contributed by atoms with van der Waals surface area (Å²) in [6.07, 6.45) is 1.14. The normalized spacial score (nSPS) is 21.2. The van der Waals surface area contributed by atoms with Crippen LogP contribution in [-0.2, 0) is 9.59 Å². The standard InChI is InChI=1S/C21H18ClN5O2/c22-15-8-6-14(7-9-15)17-12-16(13-4-2-1-3-5-13)23-20-24-21(25-27(17)20)26-18(28)10-11-19(26)29/h1-9,16-17H,10-12H2,(H,23,24,25)/t16-,17+/m1/s1. The van der Waals surface area contributed by atoms with Crippen molar-refractivity contribution in [2.75, 3.05) is 10.2 Å². The van der Waals surface area contributed by atoms with Gasteiger partial charge in [-0.05, 0) is 29.7 Å². The van der Waals surface area contributed by atoms with E-state index in [0.717, 1.165) is 22.4 Å². The molecule has 0 bridgehead atoms. The lowest BCUT2D eigenvalue weighted by molar-refractivity contribution is -0.121. The lowest BCUT2D eigenvalue weighted by atomic mass is 9.93. The van der Waals surface area contributed by atoms with E-state index in [1.807, 2.05) is 42.5 Å². The van der Waals surface area contributed by atoms with Gasteiger partial charge in [0.2, 0.25) is 17.8 Å². The Labute approximate surface area is 172 Å². The maximum atomic E-state index is 12.2. The molecule has 2 aliphatic heterocycles. The van der Waals surface area contributed by atoms with Gasteiger partial charge >= 0.3 is 0 Å². The van der Waals surface area contributed by atoms with E-state index >= 15 is 0 Å². The lowest BCUT2D eigenvalue weighted by Crippen LogP contribution is -2.30. The minimum Gasteiger partial charge on any atom is -0.347 e. The van der Waals surface area contributed by atoms with Gasteiger partial charge in [0.05, 0.1) is 12.1 Å². The third kappa shape index (κ3) is 3.17. The monoisotopic (exact) mass is 407 g/mol. The Morgan fingerprint density at radius 1 is 0.931 bits per heavy atom. The number of amides is 2. The smallest absolute Gasteiger partial charge is 0.260 e. The fourth-order valence-electron chi connectivity index (χ4n) is 3.93. The number of nitrogens with zero attached hydrogens (tertiary/aromatic N) is 4. The summed E-state index contributed by atoms with van der Waals surface area (Å²) >= 11 is 6.07. The van der Waals surface area contributed by atoms with E-state index in [1.165, 1.54) is 0 Å². The van der Waals surface area contributed by atoms with Crippen LogP contribution in [0.5, 0.6) is 0 Å². The number of rotatable bonds is 3. The van der Waals surface area contributed by atoms with Crippen molar-refractivity contribution in [2.24, 2.45) is 0 Å². The maximum absolute atomic E-state index is 12.2. The molecule has 5 rings (SSSR count). The van der Waals surface area contributed by atoms with Gasteiger partial charge in [-0.25, -0.2) is 9.58 Å². The molecular formula is C21H18ClN5O2. The second kappa shape index (κ2) is 7.00. The van der Waals surface area contributed by atoms with Crippen LogP contribution in [0.3, 0.4) is 0 Å². The van der Waals surface area contributed by atoms with Crippen LogP contribution in [0.25, 0.3) is 0 Å². The van der Waals surface area contributed by atoms with Crippen molar-refractivity contribution >= 4 is 35.3 Å². The van der Waals surface area contributed by atoms with Crippen molar-refractivity contribution in [3.8, 4) is 0 Å². The first-order valence-corrected chi connectivity index (χ1v) is 9.87. The number of anilines is 2. The molecule has 3 heterocycles. The number of fused-ring (bicyclic) bond motifs is 1. The first-order chi connectivity index (χ1) is 14.1. The highest BCUT2D eigenvalue weighted by Gasteiger charge is 2.37. The van der Waals surface area contributed by atoms with E-state index < -0.39 is 0 Å². The summed E-state index contributed by atoms with van der Waals surface area (Å²) in [6.45, 7) is 0. The van der Waals surface area contributed by atoms with Crippen molar-refractivity contribution in [1.82, 2.24) is 14.8 Å². The number of hydrogen-bond donors (Lipinski definition) is 1. The minimum absolute atomic E-state index is 0.0198. The highest BCUT2D eigenvalue weighted by molar-refractivity contribution is 6.30. The summed E-state index contributed by atoms with van der Waals surface area (Å²) in [7, 11) is 0. The van der Waals surface area contributed by atoms with Crippen LogP contribution in [0.1, 0.15) is 42.5 Å². The van der Waals surface area contributed by atoms with Gasteiger partial charge in [0.1, 0.15) is 0 Å². The summed E-state index contributed by atoms with van der Waals surface area (Å²) in [6, 6.07) is 17.7. The van der Waals surface area contributed by atoms with Crippen LogP contribution in [0, 0.1) is 0 Å². The van der Waals surface area contributed by atoms with E-state index in [9.17, 15) is 9.59 Å². The fraction of sp³-hybridized carbons (Fsp3) is 0.238. The Kier molecular flexibility index (Phi) is 4.32. The number of hydrogen-bond acceptors (Lipinski definition) is 5. The third-order valence-corrected chi connectivity index (χ3v) is 5.64. The van der Waals surface area contributed by atoms with Crippen molar-refractivity contribution < 1.29 is 9.59 Å². The number of aromatic nitrogens is 3. The van der Waals surface area contributed by atoms with Crippen LogP contribution < -0.4 is 10.2 Å². The molecule has 2 amide bonds. The SMILES string of the molecule is O=C1CCC(=O)N1c1nc2n(n1)[C@H](c1ccc(Cl)cc1)C[C@H](c1ccccc1)N2. The molecule has 8 heteroatoms. The summed E-state index contributed by atoms with van der Waals surface area (Å²) in [4.78, 5) is 29.9. The van der Waals surface area contributed by atoms with Crippen molar-refractivity contribution in [1.29, 1.82) is 0 Å². The molecule has 146 valence electrons. The zero-order valence-electron chi connectivity index (χ0n) is 15.5. The van der Waals surface area contributed by atoms with E-state index in [1.54, 1.807) is 4.68 Å². The van der Waals surface area contributed by atoms with Gasteiger partial charge in [-0.1, -0.05) is 54.1 Å². The highest BCUT2D eigenvalue weighted by atomic mass is 35.5. The molecule has 1 N–H and O–H groups in total. The number of halogens is 1. The largest absolute Gasteiger partial charge is 0.347 e. The molecule has 29 heavy (non-hydrogen) atoms. The van der Waals surface area contributed by atoms with E-state index in [0.29, 0.717) is 11.0 Å². The van der Waals surface area contributed by atoms with E-state index in [2.05, 4.69) is 27.5 Å². The van der Waals surface area contributed by atoms with Gasteiger partial charge in [-0.15, -0.1) is 5.10 Å². The average molecular weight is 408 g/mol. The summed E-state index contributed by atoms with van der Waals surface area (Å²) < 4.78 is 1.76. The van der Waals surface area contributed by atoms with Gasteiger partial charge in [0.25, 0.3) is 5.95 Å². The molecule has 7 nitrogen and oxygen atoms in total. The van der Waals surface area contributed by atoms with Crippen molar-refractivity contribution in [3.05, 3.63) is 70.7 Å². The number of carbonyl (C=O) groups is 2. The van der Waals surface area contributed by atoms with Crippen LogP contribution in [-0.4, -0.2) is 26.6 Å². The van der Waals surface area contributed by atoms with Crippen molar-refractivity contribution in [3.63, 3.8) is 0 Å². The number of imide groups is 1. The molecule has 0 aliphatic carbocycles. The highest BCUT2D eigenvalue weighted by Crippen LogP contribution is 2.39. The Bertz CT molecular complexity index is 1060. The molecule has 1 aromatic heterocycles. The molecular weight excluding hydrogens is 390 g/mol. The first kappa shape index (κ1) is 17.9. The summed E-state index contributed by atoms with van der Waals surface area (Å²) in [5, 5.41) is 8.61. The maximum Gasteiger partial charge on any atom is 0.260 e. The molecule has 2 aromatic carbocycles. The number of benzene rings is 2. The Hall–Kier alpha value is -3.19. The fourth-order valence-corrected chi connectivity index (χ4v) is 4.05. The first-order valence-electron chi connectivity index (χ1n) is 9.49. The number of nitrogens with one attached hydrogen (secondary N) is 1. The zero-order chi connectivity index (χ0) is 20.0. The molecule has 3 aromatic rings. The molecule has 0 radical (unpaired) electrons. The van der Waals surface area contributed by atoms with Crippen LogP contribution >= 0.6 is 11.6 Å². The Morgan fingerprint density at radius 3 is 2.31 bits per heavy atom. The van der Waals surface area contributed by atoms with Gasteiger partial charge in [-0.2, -0.15) is 4.98 Å². The van der Waals surface area contributed by atoms with Crippen molar-refractivity contribution in [2.45, 2.75) is 31.3 Å². The summed E-state index contributed by atoms with van der Waals surface area (Å²) in [5.41, 5.74) is 2.17. The molecule has 0 saturated carbocycles. The zero-order valence-corrected chi connectivity index (χ0v) is 16.2. The topological polar surface area (TPSA) is 80.1 Å². The molecule has 1 fully saturated rings. The minimum atomic E-state index is -0.263. The van der Waals surface area contributed by atoms with Crippen LogP contribution in [0.15, 0.2) is 54.6 Å². The third-order valence-electron chi connectivity index (χ3n) is 5.39. The predicted molar refractivity (Wildman–Crippen MR) is 109 cm³/mol. The van der Waals surface area contributed by atoms with Gasteiger partial charge in [0.15, 0.2) is 0 Å². The van der Waals surface area contributed by atoms with Gasteiger partial charge in [-0.3, -0.25) is 9.59 Å². The van der Waals surface area contributed by atoms with Crippen LogP contribution in [0.4, 0.5) is 11.9 Å². The quantitative estimate of drug-likeness (QED) is 0.669. The molecule has 0 unspecified atom stereocenters. The number of carbonyl (C=O) groups excluding carboxylic acids is 2. The Morgan fingerprint density at radius 2 is 1.62 bits per heavy atom. The van der Waals surface area contributed by atoms with Gasteiger partial charge < -0.3 is 5.32 Å². The van der Waals surface area contributed by atoms with Gasteiger partial charge in [0, 0.05) is 17.9 Å². The summed E-state index contributed by atoms with van der Waals surface area (Å²) in [5.74, 6) is 0.140. The van der Waals surface area contributed by atoms with E-state index in [4.69, 9.17) is 11.6 Å². The lowest BCUT2D eigenvalue weighted by Gasteiger charge is -2.31. The predicted octanol–water partition coefficient (Wildman–Crippen LogP) is 3.73. The van der Waals surface area contributed by atoms with E-state index in [-0.39, 0.29) is 42.7 Å². The average Bonchev–Trinajstić information content (AvgIpc) is 3.30.